The van der Waals surface area contributed by atoms with Gasteiger partial charge in [-0.15, -0.1) is 0 Å². The van der Waals surface area contributed by atoms with E-state index in [-0.39, 0.29) is 43.4 Å². The monoisotopic (exact) mass is 568 g/mol. The van der Waals surface area contributed by atoms with Gasteiger partial charge in [-0.3, -0.25) is 4.79 Å². The number of Topliss-reactive ketones (excluding diaryl/α,β-unsaturated/α-hetero) is 1. The number of likely N-dealkylation sites (tertiary alicyclic amines) is 1. The van der Waals surface area contributed by atoms with Gasteiger partial charge in [0.2, 0.25) is 0 Å². The number of aliphatic hydroxyl groups is 2. The summed E-state index contributed by atoms with van der Waals surface area (Å²) in [5.41, 5.74) is 3.18. The number of urea groups is 1. The van der Waals surface area contributed by atoms with Gasteiger partial charge in [0.15, 0.2) is 12.4 Å². The maximum absolute atomic E-state index is 13.8. The number of carbonyl (C=O) groups is 3. The molecular formula is C32H44N2O7. The van der Waals surface area contributed by atoms with Crippen LogP contribution in [-0.2, 0) is 29.2 Å². The number of aryl methyl sites for hydroxylation is 1. The van der Waals surface area contributed by atoms with Gasteiger partial charge in [0.05, 0.1) is 19.3 Å². The molecule has 2 atom stereocenters. The van der Waals surface area contributed by atoms with Gasteiger partial charge >= 0.3 is 12.0 Å². The topological polar surface area (TPSA) is 136 Å². The largest absolute Gasteiger partial charge is 0.482 e. The average molecular weight is 569 g/mol. The molecule has 1 saturated heterocycles. The van der Waals surface area contributed by atoms with E-state index in [4.69, 9.17) is 9.84 Å². The molecule has 1 fully saturated rings. The number of aliphatic carboxylic acids is 1. The van der Waals surface area contributed by atoms with Crippen molar-refractivity contribution >= 4 is 17.8 Å². The molecule has 3 rings (SSSR count). The molecule has 2 aromatic carbocycles. The molecule has 1 heterocycles. The Morgan fingerprint density at radius 1 is 1.02 bits per heavy atom. The van der Waals surface area contributed by atoms with Crippen molar-refractivity contribution in [3.8, 4) is 5.75 Å². The highest BCUT2D eigenvalue weighted by atomic mass is 16.5. The number of hydrogen-bond acceptors (Lipinski definition) is 6. The van der Waals surface area contributed by atoms with Crippen molar-refractivity contribution in [2.75, 3.05) is 13.2 Å². The Labute approximate surface area is 242 Å². The molecule has 2 amide bonds. The van der Waals surface area contributed by atoms with Gasteiger partial charge in [0, 0.05) is 19.0 Å². The first-order chi connectivity index (χ1) is 19.8. The lowest BCUT2D eigenvalue weighted by molar-refractivity contribution is -0.139. The van der Waals surface area contributed by atoms with Gasteiger partial charge in [-0.2, -0.15) is 0 Å². The number of ether oxygens (including phenoxy) is 1. The van der Waals surface area contributed by atoms with E-state index in [9.17, 15) is 24.6 Å². The van der Waals surface area contributed by atoms with Crippen molar-refractivity contribution in [3.05, 3.63) is 64.7 Å². The molecule has 0 bridgehead atoms. The summed E-state index contributed by atoms with van der Waals surface area (Å²) < 4.78 is 5.41. The fourth-order valence-corrected chi connectivity index (χ4v) is 5.51. The van der Waals surface area contributed by atoms with Crippen LogP contribution in [0.15, 0.2) is 42.5 Å². The minimum atomic E-state index is -1.07. The van der Waals surface area contributed by atoms with Crippen molar-refractivity contribution in [2.24, 2.45) is 0 Å². The number of nitrogens with zero attached hydrogens (tertiary/aromatic N) is 1. The summed E-state index contributed by atoms with van der Waals surface area (Å²) in [7, 11) is 0. The first-order valence-electron chi connectivity index (χ1n) is 14.7. The lowest BCUT2D eigenvalue weighted by Gasteiger charge is -2.36. The number of carboxylic acid groups (broad SMARTS) is 1. The smallest absolute Gasteiger partial charge is 0.341 e. The Hall–Kier alpha value is -3.43. The normalized spacial score (nSPS) is 15.9. The van der Waals surface area contributed by atoms with Crippen molar-refractivity contribution in [1.29, 1.82) is 0 Å². The van der Waals surface area contributed by atoms with Gasteiger partial charge in [-0.05, 0) is 85.3 Å². The van der Waals surface area contributed by atoms with Crippen LogP contribution in [0, 0.1) is 0 Å². The first-order valence-corrected chi connectivity index (χ1v) is 14.7. The molecule has 1 aliphatic heterocycles. The summed E-state index contributed by atoms with van der Waals surface area (Å²) >= 11 is 0. The van der Waals surface area contributed by atoms with E-state index in [1.807, 2.05) is 32.0 Å². The van der Waals surface area contributed by atoms with Gasteiger partial charge in [0.1, 0.15) is 5.75 Å². The maximum Gasteiger partial charge on any atom is 0.341 e. The summed E-state index contributed by atoms with van der Waals surface area (Å²) in [6.07, 6.45) is 5.50. The fourth-order valence-electron chi connectivity index (χ4n) is 5.51. The zero-order chi connectivity index (χ0) is 29.8. The third-order valence-electron chi connectivity index (χ3n) is 7.98. The molecule has 0 unspecified atom stereocenters. The number of ketones is 1. The second kappa shape index (κ2) is 16.1. The number of nitrogens with one attached hydrogen (secondary N) is 1. The summed E-state index contributed by atoms with van der Waals surface area (Å²) in [6.45, 7) is 3.83. The van der Waals surface area contributed by atoms with Crippen LogP contribution in [0.5, 0.6) is 5.75 Å². The van der Waals surface area contributed by atoms with Crippen LogP contribution in [0.25, 0.3) is 0 Å². The predicted octanol–water partition coefficient (Wildman–Crippen LogP) is 4.56. The van der Waals surface area contributed by atoms with Gasteiger partial charge in [0.25, 0.3) is 0 Å². The van der Waals surface area contributed by atoms with Gasteiger partial charge in [-0.25, -0.2) is 9.59 Å². The molecule has 0 aromatic heterocycles. The molecule has 0 aliphatic carbocycles. The Morgan fingerprint density at radius 3 is 2.46 bits per heavy atom. The van der Waals surface area contributed by atoms with Crippen molar-refractivity contribution in [1.82, 2.24) is 10.2 Å². The number of benzene rings is 2. The average Bonchev–Trinajstić information content (AvgIpc) is 3.00. The van der Waals surface area contributed by atoms with E-state index in [1.54, 1.807) is 29.2 Å². The molecule has 2 aromatic rings. The van der Waals surface area contributed by atoms with E-state index in [1.165, 1.54) is 0 Å². The Morgan fingerprint density at radius 2 is 1.78 bits per heavy atom. The van der Waals surface area contributed by atoms with Crippen molar-refractivity contribution < 1.29 is 34.4 Å². The molecule has 41 heavy (non-hydrogen) atoms. The lowest BCUT2D eigenvalue weighted by Crippen LogP contribution is -2.53. The zero-order valence-electron chi connectivity index (χ0n) is 24.2. The van der Waals surface area contributed by atoms with Crippen LogP contribution in [-0.4, -0.2) is 63.2 Å². The third kappa shape index (κ3) is 9.30. The van der Waals surface area contributed by atoms with Crippen LogP contribution in [0.2, 0.25) is 0 Å². The SMILES string of the molecule is CCC(CC)NC(=O)N1CCCC[C@H]1C(=O)C[C@H](CCc1ccc(CO)c(CO)c1)c1cccc(OCC(=O)O)c1. The maximum atomic E-state index is 13.8. The van der Waals surface area contributed by atoms with E-state index in [0.717, 1.165) is 36.8 Å². The second-order valence-electron chi connectivity index (χ2n) is 10.7. The van der Waals surface area contributed by atoms with E-state index >= 15 is 0 Å². The highest BCUT2D eigenvalue weighted by Crippen LogP contribution is 2.31. The highest BCUT2D eigenvalue weighted by molar-refractivity contribution is 5.89. The number of hydrogen-bond donors (Lipinski definition) is 4. The molecule has 0 radical (unpaired) electrons. The molecule has 224 valence electrons. The molecule has 9 heteroatoms. The standard InChI is InChI=1S/C32H44N2O7/c1-3-27(4-2)33-32(40)34-15-6-5-10-29(34)30(37)18-24(23-8-7-9-28(17-23)41-21-31(38)39)13-11-22-12-14-25(19-35)26(16-22)20-36/h7-9,12,14,16-17,24,27,29,35-36H,3-6,10-11,13,15,18-21H2,1-2H3,(H,33,40)(H,38,39)/t24-,29-/m0/s1. The molecule has 0 spiro atoms. The van der Waals surface area contributed by atoms with Gasteiger partial charge in [-0.1, -0.05) is 44.2 Å². The van der Waals surface area contributed by atoms with Crippen molar-refractivity contribution in [3.63, 3.8) is 0 Å². The number of carbonyl (C=O) groups excluding carboxylic acids is 2. The Kier molecular flexibility index (Phi) is 12.6. The third-order valence-corrected chi connectivity index (χ3v) is 7.98. The Bertz CT molecular complexity index is 1160. The number of amides is 2. The molecular weight excluding hydrogens is 524 g/mol. The van der Waals surface area contributed by atoms with Crippen molar-refractivity contribution in [2.45, 2.75) is 96.4 Å². The minimum absolute atomic E-state index is 0.0120. The van der Waals surface area contributed by atoms with Crippen LogP contribution in [0.3, 0.4) is 0 Å². The highest BCUT2D eigenvalue weighted by Gasteiger charge is 2.34. The summed E-state index contributed by atoms with van der Waals surface area (Å²) in [6, 6.07) is 12.2. The second-order valence-corrected chi connectivity index (χ2v) is 10.7. The number of aliphatic hydroxyl groups excluding tert-OH is 2. The van der Waals surface area contributed by atoms with Gasteiger partial charge < -0.3 is 30.3 Å². The predicted molar refractivity (Wildman–Crippen MR) is 156 cm³/mol. The number of rotatable bonds is 15. The number of piperidine rings is 1. The summed E-state index contributed by atoms with van der Waals surface area (Å²) in [4.78, 5) is 39.7. The summed E-state index contributed by atoms with van der Waals surface area (Å²) in [5.74, 6) is -0.840. The van der Waals surface area contributed by atoms with Crippen LogP contribution < -0.4 is 10.1 Å². The van der Waals surface area contributed by atoms with Crippen LogP contribution in [0.1, 0.15) is 87.0 Å². The first kappa shape index (κ1) is 32.1. The van der Waals surface area contributed by atoms with E-state index in [0.29, 0.717) is 42.7 Å². The number of carboxylic acids is 1. The van der Waals surface area contributed by atoms with E-state index in [2.05, 4.69) is 5.32 Å². The molecule has 9 nitrogen and oxygen atoms in total. The summed E-state index contributed by atoms with van der Waals surface area (Å²) in [5, 5.41) is 31.4. The fraction of sp³-hybridized carbons (Fsp3) is 0.531. The molecule has 1 aliphatic rings. The zero-order valence-corrected chi connectivity index (χ0v) is 24.2. The van der Waals surface area contributed by atoms with E-state index < -0.39 is 18.6 Å². The molecule has 4 N–H and O–H groups in total. The van der Waals surface area contributed by atoms with Crippen LogP contribution in [0.4, 0.5) is 4.79 Å². The Balaban J connectivity index is 1.83. The lowest BCUT2D eigenvalue weighted by atomic mass is 9.84. The quantitative estimate of drug-likeness (QED) is 0.247. The molecule has 0 saturated carbocycles. The minimum Gasteiger partial charge on any atom is -0.482 e. The van der Waals surface area contributed by atoms with Crippen LogP contribution >= 0.6 is 0 Å².